The van der Waals surface area contributed by atoms with Crippen molar-refractivity contribution in [1.29, 1.82) is 0 Å². The number of ether oxygens (including phenoxy) is 3. The van der Waals surface area contributed by atoms with E-state index in [1.165, 1.54) is 15.9 Å². The van der Waals surface area contributed by atoms with Crippen LogP contribution in [0.15, 0.2) is 18.2 Å². The van der Waals surface area contributed by atoms with Crippen molar-refractivity contribution in [2.24, 2.45) is 5.92 Å². The quantitative estimate of drug-likeness (QED) is 0.445. The molecule has 34 heavy (non-hydrogen) atoms. The fourth-order valence-corrected chi connectivity index (χ4v) is 5.99. The van der Waals surface area contributed by atoms with Crippen LogP contribution >= 0.6 is 11.3 Å². The maximum Gasteiger partial charge on any atom is 0.230 e. The van der Waals surface area contributed by atoms with Crippen LogP contribution in [0.5, 0.6) is 17.4 Å². The van der Waals surface area contributed by atoms with E-state index >= 15 is 0 Å². The smallest absolute Gasteiger partial charge is 0.230 e. The Bertz CT molecular complexity index is 1140. The van der Waals surface area contributed by atoms with Crippen molar-refractivity contribution in [2.75, 3.05) is 20.8 Å². The van der Waals surface area contributed by atoms with Gasteiger partial charge in [-0.1, -0.05) is 38.2 Å². The van der Waals surface area contributed by atoms with Gasteiger partial charge < -0.3 is 19.3 Å². The predicted octanol–water partition coefficient (Wildman–Crippen LogP) is 5.17. The zero-order chi connectivity index (χ0) is 24.6. The van der Waals surface area contributed by atoms with Crippen molar-refractivity contribution in [3.8, 4) is 17.4 Å². The summed E-state index contributed by atoms with van der Waals surface area (Å²) >= 11 is 1.47. The van der Waals surface area contributed by atoms with E-state index in [2.05, 4.69) is 42.7 Å². The van der Waals surface area contributed by atoms with Crippen LogP contribution in [0.25, 0.3) is 4.96 Å². The normalized spacial score (nSPS) is 22.1. The van der Waals surface area contributed by atoms with Gasteiger partial charge in [-0.3, -0.25) is 4.90 Å². The van der Waals surface area contributed by atoms with Crippen LogP contribution < -0.4 is 9.47 Å². The lowest BCUT2D eigenvalue weighted by Gasteiger charge is -2.42. The number of aryl methyl sites for hydroxylation is 1. The topological polar surface area (TPSA) is 81.4 Å². The highest BCUT2D eigenvalue weighted by Crippen LogP contribution is 2.49. The first-order valence-electron chi connectivity index (χ1n) is 11.9. The number of methoxy groups -OCH3 is 2. The largest absolute Gasteiger partial charge is 0.493 e. The van der Waals surface area contributed by atoms with Gasteiger partial charge in [-0.15, -0.1) is 5.10 Å². The van der Waals surface area contributed by atoms with Crippen molar-refractivity contribution in [1.82, 2.24) is 19.5 Å². The molecule has 0 bridgehead atoms. The van der Waals surface area contributed by atoms with E-state index in [9.17, 15) is 5.11 Å². The Morgan fingerprint density at radius 2 is 2.00 bits per heavy atom. The summed E-state index contributed by atoms with van der Waals surface area (Å²) < 4.78 is 19.2. The molecule has 8 nitrogen and oxygen atoms in total. The first-order chi connectivity index (χ1) is 16.2. The minimum atomic E-state index is -0.482. The van der Waals surface area contributed by atoms with Crippen molar-refractivity contribution in [2.45, 2.75) is 71.7 Å². The first kappa shape index (κ1) is 24.8. The number of aromatic hydroxyl groups is 1. The van der Waals surface area contributed by atoms with E-state index in [1.807, 2.05) is 25.1 Å². The van der Waals surface area contributed by atoms with Gasteiger partial charge >= 0.3 is 0 Å². The molecule has 0 spiro atoms. The zero-order valence-corrected chi connectivity index (χ0v) is 22.0. The van der Waals surface area contributed by atoms with Crippen LogP contribution in [0.2, 0.25) is 0 Å². The minimum Gasteiger partial charge on any atom is -0.493 e. The molecule has 0 radical (unpaired) electrons. The van der Waals surface area contributed by atoms with E-state index < -0.39 is 5.72 Å². The number of nitrogens with zero attached hydrogens (tertiary/aromatic N) is 4. The van der Waals surface area contributed by atoms with Crippen LogP contribution in [0, 0.1) is 12.8 Å². The Morgan fingerprint density at radius 1 is 1.26 bits per heavy atom. The molecule has 1 N–H and O–H groups in total. The Hall–Kier alpha value is -2.36. The fraction of sp³-hybridized carbons (Fsp3) is 0.600. The molecule has 2 aromatic heterocycles. The van der Waals surface area contributed by atoms with Crippen LogP contribution in [-0.4, -0.2) is 57.2 Å². The molecule has 186 valence electrons. The molecule has 1 aromatic carbocycles. The van der Waals surface area contributed by atoms with Gasteiger partial charge in [-0.05, 0) is 56.7 Å². The SMILES string of the molecule is CCC1COC(C)(CCC(C)C)N1C(c1ccc(OC)c(OC)c1)c1sc2nc(C)nn2c1O. The lowest BCUT2D eigenvalue weighted by Crippen LogP contribution is -2.48. The second-order valence-electron chi connectivity index (χ2n) is 9.55. The van der Waals surface area contributed by atoms with Crippen molar-refractivity contribution in [3.05, 3.63) is 34.5 Å². The number of benzene rings is 1. The Balaban J connectivity index is 1.90. The van der Waals surface area contributed by atoms with Crippen LogP contribution in [0.3, 0.4) is 0 Å². The standard InChI is InChI=1S/C25H36N4O4S/c1-8-18-14-33-25(5,12-11-15(2)3)28(18)21(17-9-10-19(31-6)20(13-17)32-7)22-23(30)29-24(34-22)26-16(4)27-29/h9-10,13,15,18,21,30H,8,11-12,14H2,1-7H3. The molecule has 3 heterocycles. The fourth-order valence-electron chi connectivity index (χ4n) is 4.86. The molecule has 3 atom stereocenters. The number of fused-ring (bicyclic) bond motifs is 1. The van der Waals surface area contributed by atoms with E-state index in [-0.39, 0.29) is 18.0 Å². The highest BCUT2D eigenvalue weighted by Gasteiger charge is 2.49. The van der Waals surface area contributed by atoms with Gasteiger partial charge in [0.25, 0.3) is 0 Å². The first-order valence-corrected chi connectivity index (χ1v) is 12.7. The molecule has 1 fully saturated rings. The number of rotatable bonds is 9. The molecule has 1 saturated heterocycles. The summed E-state index contributed by atoms with van der Waals surface area (Å²) in [6.45, 7) is 11.3. The summed E-state index contributed by atoms with van der Waals surface area (Å²) in [7, 11) is 3.27. The van der Waals surface area contributed by atoms with Crippen LogP contribution in [0.1, 0.15) is 69.3 Å². The molecule has 0 amide bonds. The molecule has 9 heteroatoms. The van der Waals surface area contributed by atoms with E-state index in [0.717, 1.165) is 29.7 Å². The average molecular weight is 489 g/mol. The van der Waals surface area contributed by atoms with Gasteiger partial charge in [0.05, 0.1) is 31.7 Å². The lowest BCUT2D eigenvalue weighted by molar-refractivity contribution is -0.0915. The Morgan fingerprint density at radius 3 is 2.62 bits per heavy atom. The minimum absolute atomic E-state index is 0.119. The van der Waals surface area contributed by atoms with Crippen molar-refractivity contribution < 1.29 is 19.3 Å². The Labute approximate surface area is 205 Å². The van der Waals surface area contributed by atoms with Gasteiger partial charge in [-0.25, -0.2) is 4.98 Å². The lowest BCUT2D eigenvalue weighted by atomic mass is 9.94. The molecule has 3 unspecified atom stereocenters. The van der Waals surface area contributed by atoms with E-state index in [0.29, 0.717) is 34.8 Å². The van der Waals surface area contributed by atoms with Crippen molar-refractivity contribution >= 4 is 16.3 Å². The van der Waals surface area contributed by atoms with Gasteiger partial charge in [0, 0.05) is 6.04 Å². The molecular formula is C25H36N4O4S. The second-order valence-corrected chi connectivity index (χ2v) is 10.6. The maximum absolute atomic E-state index is 11.3. The van der Waals surface area contributed by atoms with Crippen LogP contribution in [-0.2, 0) is 4.74 Å². The number of aromatic nitrogens is 3. The zero-order valence-electron chi connectivity index (χ0n) is 21.2. The van der Waals surface area contributed by atoms with Gasteiger partial charge in [0.15, 0.2) is 11.5 Å². The van der Waals surface area contributed by atoms with Crippen molar-refractivity contribution in [3.63, 3.8) is 0 Å². The number of thiazole rings is 1. The molecule has 0 aliphatic carbocycles. The van der Waals surface area contributed by atoms with E-state index in [4.69, 9.17) is 14.2 Å². The molecular weight excluding hydrogens is 452 g/mol. The highest BCUT2D eigenvalue weighted by molar-refractivity contribution is 7.17. The molecule has 1 aliphatic heterocycles. The summed E-state index contributed by atoms with van der Waals surface area (Å²) in [4.78, 5) is 8.42. The van der Waals surface area contributed by atoms with Gasteiger partial charge in [0.1, 0.15) is 11.5 Å². The summed E-state index contributed by atoms with van der Waals surface area (Å²) in [5, 5.41) is 15.7. The summed E-state index contributed by atoms with van der Waals surface area (Å²) in [5.41, 5.74) is 0.513. The number of hydrogen-bond donors (Lipinski definition) is 1. The van der Waals surface area contributed by atoms with Crippen LogP contribution in [0.4, 0.5) is 0 Å². The number of hydrogen-bond acceptors (Lipinski definition) is 8. The summed E-state index contributed by atoms with van der Waals surface area (Å²) in [6, 6.07) is 5.89. The van der Waals surface area contributed by atoms with Gasteiger partial charge in [0.2, 0.25) is 10.8 Å². The predicted molar refractivity (Wildman–Crippen MR) is 133 cm³/mol. The highest BCUT2D eigenvalue weighted by atomic mass is 32.1. The average Bonchev–Trinajstić information content (AvgIpc) is 3.45. The second kappa shape index (κ2) is 9.71. The molecule has 1 aliphatic rings. The summed E-state index contributed by atoms with van der Waals surface area (Å²) in [5.74, 6) is 2.63. The Kier molecular flexibility index (Phi) is 7.07. The summed E-state index contributed by atoms with van der Waals surface area (Å²) in [6.07, 6.45) is 2.87. The molecule has 3 aromatic rings. The van der Waals surface area contributed by atoms with Gasteiger partial charge in [-0.2, -0.15) is 4.52 Å². The maximum atomic E-state index is 11.3. The monoisotopic (exact) mass is 488 g/mol. The third-order valence-corrected chi connectivity index (χ3v) is 7.81. The molecule has 4 rings (SSSR count). The third kappa shape index (κ3) is 4.36. The third-order valence-electron chi connectivity index (χ3n) is 6.74. The molecule has 0 saturated carbocycles. The van der Waals surface area contributed by atoms with E-state index in [1.54, 1.807) is 14.2 Å².